The molecule has 21 heavy (non-hydrogen) atoms. The Morgan fingerprint density at radius 2 is 2.29 bits per heavy atom. The van der Waals surface area contributed by atoms with Crippen LogP contribution in [0.25, 0.3) is 0 Å². The first-order chi connectivity index (χ1) is 10.1. The molecule has 4 nitrogen and oxygen atoms in total. The number of likely N-dealkylation sites (tertiary alicyclic amines) is 1. The second-order valence-corrected chi connectivity index (χ2v) is 5.38. The van der Waals surface area contributed by atoms with Crippen molar-refractivity contribution in [3.05, 3.63) is 53.2 Å². The summed E-state index contributed by atoms with van der Waals surface area (Å²) in [6, 6.07) is 8.18. The van der Waals surface area contributed by atoms with Crippen LogP contribution in [0.15, 0.2) is 34.9 Å². The monoisotopic (exact) mass is 288 g/mol. The van der Waals surface area contributed by atoms with Crippen molar-refractivity contribution in [2.75, 3.05) is 6.54 Å². The van der Waals surface area contributed by atoms with Crippen molar-refractivity contribution in [2.45, 2.75) is 32.2 Å². The van der Waals surface area contributed by atoms with Crippen molar-refractivity contribution in [3.8, 4) is 0 Å². The van der Waals surface area contributed by atoms with Crippen LogP contribution in [0, 0.1) is 12.7 Å². The van der Waals surface area contributed by atoms with Gasteiger partial charge in [-0.1, -0.05) is 23.4 Å². The van der Waals surface area contributed by atoms with Gasteiger partial charge in [0.05, 0.1) is 18.2 Å². The molecule has 1 amide bonds. The first-order valence-corrected chi connectivity index (χ1v) is 7.11. The van der Waals surface area contributed by atoms with Crippen LogP contribution in [-0.4, -0.2) is 22.5 Å². The van der Waals surface area contributed by atoms with Crippen molar-refractivity contribution in [2.24, 2.45) is 0 Å². The number of rotatable bonds is 3. The van der Waals surface area contributed by atoms with Crippen LogP contribution < -0.4 is 0 Å². The third-order valence-electron chi connectivity index (χ3n) is 3.85. The molecule has 0 aliphatic carbocycles. The van der Waals surface area contributed by atoms with Gasteiger partial charge >= 0.3 is 0 Å². The van der Waals surface area contributed by atoms with E-state index in [0.29, 0.717) is 17.9 Å². The molecular weight excluding hydrogens is 271 g/mol. The highest BCUT2D eigenvalue weighted by Gasteiger charge is 2.32. The Hall–Kier alpha value is -2.17. The molecule has 1 aromatic heterocycles. The van der Waals surface area contributed by atoms with E-state index in [-0.39, 0.29) is 24.2 Å². The summed E-state index contributed by atoms with van der Waals surface area (Å²) in [5.74, 6) is 0.306. The van der Waals surface area contributed by atoms with E-state index in [9.17, 15) is 9.18 Å². The molecule has 2 aromatic rings. The molecule has 0 radical (unpaired) electrons. The summed E-state index contributed by atoms with van der Waals surface area (Å²) in [5.41, 5.74) is 1.24. The van der Waals surface area contributed by atoms with Gasteiger partial charge in [-0.05, 0) is 31.4 Å². The number of aromatic nitrogens is 1. The predicted octanol–water partition coefficient (Wildman–Crippen LogP) is 3.03. The molecule has 110 valence electrons. The van der Waals surface area contributed by atoms with Crippen molar-refractivity contribution in [3.63, 3.8) is 0 Å². The van der Waals surface area contributed by atoms with Gasteiger partial charge in [0.2, 0.25) is 5.91 Å². The molecular formula is C16H17FN2O2. The van der Waals surface area contributed by atoms with Gasteiger partial charge in [0.1, 0.15) is 5.82 Å². The lowest BCUT2D eigenvalue weighted by Crippen LogP contribution is -2.31. The molecule has 0 saturated carbocycles. The van der Waals surface area contributed by atoms with Gasteiger partial charge in [0, 0.05) is 12.6 Å². The Morgan fingerprint density at radius 3 is 3.00 bits per heavy atom. The second kappa shape index (κ2) is 5.68. The summed E-state index contributed by atoms with van der Waals surface area (Å²) in [7, 11) is 0. The molecule has 1 atom stereocenters. The quantitative estimate of drug-likeness (QED) is 0.872. The summed E-state index contributed by atoms with van der Waals surface area (Å²) in [6.45, 7) is 2.53. The number of hydrogen-bond donors (Lipinski definition) is 0. The van der Waals surface area contributed by atoms with Crippen LogP contribution in [0.4, 0.5) is 4.39 Å². The summed E-state index contributed by atoms with van der Waals surface area (Å²) < 4.78 is 18.9. The van der Waals surface area contributed by atoms with Gasteiger partial charge in [0.25, 0.3) is 0 Å². The predicted molar refractivity (Wildman–Crippen MR) is 75.0 cm³/mol. The molecule has 1 aliphatic heterocycles. The maximum absolute atomic E-state index is 13.7. The van der Waals surface area contributed by atoms with Crippen LogP contribution in [-0.2, 0) is 11.2 Å². The van der Waals surface area contributed by atoms with Gasteiger partial charge in [-0.15, -0.1) is 0 Å². The van der Waals surface area contributed by atoms with Crippen LogP contribution in [0.2, 0.25) is 0 Å². The van der Waals surface area contributed by atoms with Crippen LogP contribution >= 0.6 is 0 Å². The zero-order chi connectivity index (χ0) is 14.8. The van der Waals surface area contributed by atoms with Crippen molar-refractivity contribution in [1.82, 2.24) is 10.1 Å². The third-order valence-corrected chi connectivity index (χ3v) is 3.85. The van der Waals surface area contributed by atoms with Gasteiger partial charge < -0.3 is 9.42 Å². The Kier molecular flexibility index (Phi) is 3.73. The van der Waals surface area contributed by atoms with Crippen molar-refractivity contribution >= 4 is 5.91 Å². The van der Waals surface area contributed by atoms with Gasteiger partial charge in [-0.3, -0.25) is 4.79 Å². The van der Waals surface area contributed by atoms with Crippen LogP contribution in [0.5, 0.6) is 0 Å². The highest BCUT2D eigenvalue weighted by molar-refractivity contribution is 5.79. The van der Waals surface area contributed by atoms with Crippen LogP contribution in [0.3, 0.4) is 0 Å². The Morgan fingerprint density at radius 1 is 1.48 bits per heavy atom. The molecule has 1 unspecified atom stereocenters. The summed E-state index contributed by atoms with van der Waals surface area (Å²) in [5, 5.41) is 3.88. The van der Waals surface area contributed by atoms with E-state index < -0.39 is 0 Å². The number of hydrogen-bond acceptors (Lipinski definition) is 3. The maximum Gasteiger partial charge on any atom is 0.227 e. The zero-order valence-electron chi connectivity index (χ0n) is 11.9. The Labute approximate surface area is 122 Å². The summed E-state index contributed by atoms with van der Waals surface area (Å²) >= 11 is 0. The van der Waals surface area contributed by atoms with Crippen molar-refractivity contribution < 1.29 is 13.7 Å². The van der Waals surface area contributed by atoms with E-state index in [1.54, 1.807) is 23.1 Å². The van der Waals surface area contributed by atoms with Gasteiger partial charge in [-0.25, -0.2) is 4.39 Å². The average molecular weight is 288 g/mol. The van der Waals surface area contributed by atoms with Crippen LogP contribution in [0.1, 0.15) is 35.9 Å². The highest BCUT2D eigenvalue weighted by atomic mass is 19.1. The maximum atomic E-state index is 13.7. The Balaban J connectivity index is 1.76. The molecule has 0 spiro atoms. The zero-order valence-corrected chi connectivity index (χ0v) is 11.9. The number of aryl methyl sites for hydroxylation is 1. The van der Waals surface area contributed by atoms with E-state index in [2.05, 4.69) is 5.16 Å². The molecule has 0 bridgehead atoms. The number of benzene rings is 1. The van der Waals surface area contributed by atoms with E-state index in [4.69, 9.17) is 4.52 Å². The van der Waals surface area contributed by atoms with E-state index in [1.165, 1.54) is 6.07 Å². The molecule has 3 rings (SSSR count). The molecule has 1 saturated heterocycles. The largest absolute Gasteiger partial charge is 0.359 e. The summed E-state index contributed by atoms with van der Waals surface area (Å²) in [6.07, 6.45) is 1.86. The number of nitrogens with zero attached hydrogens (tertiary/aromatic N) is 2. The third kappa shape index (κ3) is 2.82. The number of halogens is 1. The summed E-state index contributed by atoms with van der Waals surface area (Å²) in [4.78, 5) is 14.2. The lowest BCUT2D eigenvalue weighted by molar-refractivity contribution is -0.131. The Bertz CT molecular complexity index is 653. The topological polar surface area (TPSA) is 46.3 Å². The first kappa shape index (κ1) is 13.8. The number of amides is 1. The minimum absolute atomic E-state index is 0.0725. The smallest absolute Gasteiger partial charge is 0.227 e. The fraction of sp³-hybridized carbons (Fsp3) is 0.375. The molecule has 2 heterocycles. The molecule has 1 aliphatic rings. The fourth-order valence-electron chi connectivity index (χ4n) is 2.81. The average Bonchev–Trinajstić information content (AvgIpc) is 3.09. The molecule has 1 fully saturated rings. The van der Waals surface area contributed by atoms with E-state index >= 15 is 0 Å². The SMILES string of the molecule is Cc1cc(C2CCCN2C(=O)Cc2ccccc2F)on1. The molecule has 1 aromatic carbocycles. The normalized spacial score (nSPS) is 18.2. The minimum Gasteiger partial charge on any atom is -0.359 e. The van der Waals surface area contributed by atoms with E-state index in [1.807, 2.05) is 13.0 Å². The second-order valence-electron chi connectivity index (χ2n) is 5.38. The standard InChI is InChI=1S/C16H17FN2O2/c1-11-9-15(21-18-11)14-7-4-8-19(14)16(20)10-12-5-2-3-6-13(12)17/h2-3,5-6,9,14H,4,7-8,10H2,1H3. The van der Waals surface area contributed by atoms with Crippen molar-refractivity contribution in [1.29, 1.82) is 0 Å². The highest BCUT2D eigenvalue weighted by Crippen LogP contribution is 2.32. The lowest BCUT2D eigenvalue weighted by atomic mass is 10.1. The lowest BCUT2D eigenvalue weighted by Gasteiger charge is -2.22. The molecule has 0 N–H and O–H groups in total. The fourth-order valence-corrected chi connectivity index (χ4v) is 2.81. The first-order valence-electron chi connectivity index (χ1n) is 7.11. The number of carbonyl (C=O) groups is 1. The van der Waals surface area contributed by atoms with Gasteiger partial charge in [0.15, 0.2) is 5.76 Å². The van der Waals surface area contributed by atoms with Gasteiger partial charge in [-0.2, -0.15) is 0 Å². The van der Waals surface area contributed by atoms with E-state index in [0.717, 1.165) is 18.5 Å². The number of carbonyl (C=O) groups excluding carboxylic acids is 1. The molecule has 5 heteroatoms. The minimum atomic E-state index is -0.336.